The van der Waals surface area contributed by atoms with Crippen molar-refractivity contribution >= 4 is 55.9 Å². The maximum Gasteiger partial charge on any atom is 0.348 e. The second-order valence-corrected chi connectivity index (χ2v) is 7.53. The Morgan fingerprint density at radius 2 is 2.17 bits per heavy atom. The second-order valence-electron chi connectivity index (χ2n) is 6.12. The minimum atomic E-state index is -0.563. The monoisotopic (exact) mass is 449 g/mol. The molecule has 156 valence electrons. The number of nitro groups is 1. The van der Waals surface area contributed by atoms with Gasteiger partial charge in [0.05, 0.1) is 21.9 Å². The Labute approximate surface area is 179 Å². The van der Waals surface area contributed by atoms with Crippen LogP contribution in [0.2, 0.25) is 0 Å². The van der Waals surface area contributed by atoms with Crippen LogP contribution in [0.1, 0.15) is 26.6 Å². The minimum Gasteiger partial charge on any atom is -0.459 e. The van der Waals surface area contributed by atoms with E-state index >= 15 is 0 Å². The standard InChI is InChI=1S/C19H16ClN3O6S/c1-10-14-17(24)21-16(13(20)9-11-4-3-5-12(8-11)23(26)27)22-18(14)30-15(10)19(25)29-7-6-28-2/h3-5,8-9H,6-7H2,1-2H3,(H,21,22,24)/b13-9-. The third-order valence-electron chi connectivity index (χ3n) is 4.11. The number of H-pyrrole nitrogens is 1. The van der Waals surface area contributed by atoms with Crippen LogP contribution in [-0.2, 0) is 9.47 Å². The highest BCUT2D eigenvalue weighted by Gasteiger charge is 2.21. The summed E-state index contributed by atoms with van der Waals surface area (Å²) in [5.74, 6) is -0.479. The molecule has 11 heteroatoms. The van der Waals surface area contributed by atoms with Gasteiger partial charge in [-0.3, -0.25) is 14.9 Å². The highest BCUT2D eigenvalue weighted by atomic mass is 35.5. The topological polar surface area (TPSA) is 124 Å². The molecule has 0 atom stereocenters. The van der Waals surface area contributed by atoms with Crippen molar-refractivity contribution in [2.24, 2.45) is 0 Å². The van der Waals surface area contributed by atoms with Gasteiger partial charge in [0.25, 0.3) is 11.2 Å². The van der Waals surface area contributed by atoms with Crippen molar-refractivity contribution in [3.63, 3.8) is 0 Å². The molecule has 0 amide bonds. The van der Waals surface area contributed by atoms with Gasteiger partial charge in [-0.2, -0.15) is 0 Å². The number of nitrogens with zero attached hydrogens (tertiary/aromatic N) is 2. The molecule has 2 aromatic heterocycles. The fraction of sp³-hybridized carbons (Fsp3) is 0.211. The Balaban J connectivity index is 1.98. The third kappa shape index (κ3) is 4.56. The summed E-state index contributed by atoms with van der Waals surface area (Å²) in [4.78, 5) is 42.8. The second kappa shape index (κ2) is 9.16. The minimum absolute atomic E-state index is 0.0845. The van der Waals surface area contributed by atoms with Crippen LogP contribution in [0.15, 0.2) is 29.1 Å². The number of methoxy groups -OCH3 is 1. The molecule has 0 radical (unpaired) electrons. The average molecular weight is 450 g/mol. The zero-order valence-corrected chi connectivity index (χ0v) is 17.5. The van der Waals surface area contributed by atoms with Gasteiger partial charge in [-0.25, -0.2) is 9.78 Å². The first kappa shape index (κ1) is 21.6. The Hall–Kier alpha value is -3.08. The predicted octanol–water partition coefficient (Wildman–Crippen LogP) is 3.74. The van der Waals surface area contributed by atoms with E-state index in [-0.39, 0.29) is 40.0 Å². The fourth-order valence-corrected chi connectivity index (χ4v) is 3.97. The Morgan fingerprint density at radius 3 is 2.87 bits per heavy atom. The number of esters is 1. The van der Waals surface area contributed by atoms with E-state index in [1.807, 2.05) is 0 Å². The van der Waals surface area contributed by atoms with Crippen molar-refractivity contribution in [3.8, 4) is 0 Å². The van der Waals surface area contributed by atoms with Gasteiger partial charge in [0.1, 0.15) is 16.3 Å². The van der Waals surface area contributed by atoms with Crippen molar-refractivity contribution in [2.75, 3.05) is 20.3 Å². The van der Waals surface area contributed by atoms with E-state index in [4.69, 9.17) is 21.1 Å². The Kier molecular flexibility index (Phi) is 6.60. The first-order chi connectivity index (χ1) is 14.3. The molecule has 9 nitrogen and oxygen atoms in total. The number of fused-ring (bicyclic) bond motifs is 1. The number of carbonyl (C=O) groups excluding carboxylic acids is 1. The number of rotatable bonds is 7. The number of hydrogen-bond donors (Lipinski definition) is 1. The molecule has 0 aliphatic rings. The number of nitrogens with one attached hydrogen (secondary N) is 1. The molecule has 0 aliphatic carbocycles. The van der Waals surface area contributed by atoms with Crippen LogP contribution >= 0.6 is 22.9 Å². The quantitative estimate of drug-likeness (QED) is 0.252. The van der Waals surface area contributed by atoms with Crippen LogP contribution in [0.25, 0.3) is 21.3 Å². The molecule has 1 aromatic carbocycles. The SMILES string of the molecule is COCCOC(=O)c1sc2nc(/C(Cl)=C/c3cccc([N+](=O)[O-])c3)[nH]c(=O)c2c1C. The maximum atomic E-state index is 12.6. The smallest absolute Gasteiger partial charge is 0.348 e. The summed E-state index contributed by atoms with van der Waals surface area (Å²) in [5, 5.41) is 11.3. The normalized spacial score (nSPS) is 11.6. The summed E-state index contributed by atoms with van der Waals surface area (Å²) in [6, 6.07) is 5.87. The van der Waals surface area contributed by atoms with Crippen LogP contribution in [0.5, 0.6) is 0 Å². The number of halogens is 1. The number of aromatic amines is 1. The molecule has 0 saturated carbocycles. The van der Waals surface area contributed by atoms with Gasteiger partial charge in [0.2, 0.25) is 0 Å². The molecule has 0 aliphatic heterocycles. The largest absolute Gasteiger partial charge is 0.459 e. The number of hydrogen-bond acceptors (Lipinski definition) is 8. The molecular weight excluding hydrogens is 434 g/mol. The fourth-order valence-electron chi connectivity index (χ4n) is 2.68. The van der Waals surface area contributed by atoms with Crippen molar-refractivity contribution < 1.29 is 19.2 Å². The summed E-state index contributed by atoms with van der Waals surface area (Å²) < 4.78 is 9.97. The van der Waals surface area contributed by atoms with Crippen LogP contribution in [0.4, 0.5) is 5.69 Å². The zero-order valence-electron chi connectivity index (χ0n) is 15.9. The van der Waals surface area contributed by atoms with Crippen LogP contribution in [0, 0.1) is 17.0 Å². The highest BCUT2D eigenvalue weighted by molar-refractivity contribution is 7.20. The molecule has 2 heterocycles. The first-order valence-corrected chi connectivity index (χ1v) is 9.82. The van der Waals surface area contributed by atoms with E-state index in [0.29, 0.717) is 16.0 Å². The molecule has 0 spiro atoms. The molecule has 0 unspecified atom stereocenters. The first-order valence-electron chi connectivity index (χ1n) is 8.63. The number of aromatic nitrogens is 2. The Bertz CT molecular complexity index is 1220. The van der Waals surface area contributed by atoms with Crippen molar-refractivity contribution in [3.05, 3.63) is 66.6 Å². The van der Waals surface area contributed by atoms with Crippen molar-refractivity contribution in [2.45, 2.75) is 6.92 Å². The van der Waals surface area contributed by atoms with E-state index < -0.39 is 16.5 Å². The molecule has 3 aromatic rings. The summed E-state index contributed by atoms with van der Waals surface area (Å²) in [6.07, 6.45) is 1.46. The highest BCUT2D eigenvalue weighted by Crippen LogP contribution is 2.29. The number of benzene rings is 1. The number of carbonyl (C=O) groups is 1. The summed E-state index contributed by atoms with van der Waals surface area (Å²) in [5.41, 5.74) is 0.402. The lowest BCUT2D eigenvalue weighted by atomic mass is 10.2. The van der Waals surface area contributed by atoms with Gasteiger partial charge in [-0.1, -0.05) is 23.7 Å². The van der Waals surface area contributed by atoms with Crippen LogP contribution in [-0.4, -0.2) is 41.2 Å². The molecular formula is C19H16ClN3O6S. The van der Waals surface area contributed by atoms with Gasteiger partial charge in [0, 0.05) is 19.2 Å². The van der Waals surface area contributed by atoms with Crippen molar-refractivity contribution in [1.82, 2.24) is 9.97 Å². The number of ether oxygens (including phenoxy) is 2. The predicted molar refractivity (Wildman–Crippen MR) is 114 cm³/mol. The molecule has 1 N–H and O–H groups in total. The lowest BCUT2D eigenvalue weighted by molar-refractivity contribution is -0.384. The van der Waals surface area contributed by atoms with Gasteiger partial charge in [0.15, 0.2) is 5.82 Å². The van der Waals surface area contributed by atoms with Gasteiger partial charge < -0.3 is 14.5 Å². The van der Waals surface area contributed by atoms with E-state index in [1.165, 1.54) is 31.4 Å². The number of thiophene rings is 1. The Morgan fingerprint density at radius 1 is 1.40 bits per heavy atom. The molecule has 0 saturated heterocycles. The van der Waals surface area contributed by atoms with E-state index in [2.05, 4.69) is 9.97 Å². The molecule has 0 fully saturated rings. The lowest BCUT2D eigenvalue weighted by Crippen LogP contribution is -2.11. The van der Waals surface area contributed by atoms with E-state index in [0.717, 1.165) is 11.3 Å². The summed E-state index contributed by atoms with van der Waals surface area (Å²) in [7, 11) is 1.49. The molecule has 30 heavy (non-hydrogen) atoms. The maximum absolute atomic E-state index is 12.6. The zero-order chi connectivity index (χ0) is 21.8. The number of nitro benzene ring substituents is 1. The average Bonchev–Trinajstić information content (AvgIpc) is 3.05. The lowest BCUT2D eigenvalue weighted by Gasteiger charge is -2.02. The molecule has 3 rings (SSSR count). The summed E-state index contributed by atoms with van der Waals surface area (Å²) in [6.45, 7) is 2.00. The number of aryl methyl sites for hydroxylation is 1. The summed E-state index contributed by atoms with van der Waals surface area (Å²) >= 11 is 7.32. The van der Waals surface area contributed by atoms with E-state index in [9.17, 15) is 19.7 Å². The van der Waals surface area contributed by atoms with Crippen LogP contribution in [0.3, 0.4) is 0 Å². The van der Waals surface area contributed by atoms with Crippen LogP contribution < -0.4 is 5.56 Å². The van der Waals surface area contributed by atoms with E-state index in [1.54, 1.807) is 13.0 Å². The van der Waals surface area contributed by atoms with Gasteiger partial charge >= 0.3 is 5.97 Å². The number of non-ortho nitro benzene ring substituents is 1. The third-order valence-corrected chi connectivity index (χ3v) is 5.56. The van der Waals surface area contributed by atoms with Gasteiger partial charge in [-0.15, -0.1) is 11.3 Å². The van der Waals surface area contributed by atoms with Crippen molar-refractivity contribution in [1.29, 1.82) is 0 Å². The van der Waals surface area contributed by atoms with Gasteiger partial charge in [-0.05, 0) is 24.1 Å². The molecule has 0 bridgehead atoms.